The first-order valence-corrected chi connectivity index (χ1v) is 7.56. The molecular weight excluding hydrogens is 379 g/mol. The van der Waals surface area contributed by atoms with Crippen molar-refractivity contribution in [3.63, 3.8) is 0 Å². The molecule has 1 atom stereocenters. The molecule has 0 aliphatic carbocycles. The van der Waals surface area contributed by atoms with Crippen LogP contribution >= 0.6 is 28.6 Å². The highest BCUT2D eigenvalue weighted by Gasteiger charge is 2.24. The van der Waals surface area contributed by atoms with Crippen LogP contribution in [0.4, 0.5) is 4.39 Å². The number of benzene rings is 2. The van der Waals surface area contributed by atoms with Crippen LogP contribution in [0.5, 0.6) is 0 Å². The summed E-state index contributed by atoms with van der Waals surface area (Å²) in [6.45, 7) is 0.637. The highest BCUT2D eigenvalue weighted by atomic mass is 79.9. The van der Waals surface area contributed by atoms with E-state index >= 15 is 0 Å². The summed E-state index contributed by atoms with van der Waals surface area (Å²) in [6, 6.07) is 16.6. The van der Waals surface area contributed by atoms with Gasteiger partial charge in [-0.05, 0) is 42.0 Å². The molecule has 0 bridgehead atoms. The number of rotatable bonds is 1. The van der Waals surface area contributed by atoms with Crippen LogP contribution in [0.25, 0.3) is 5.69 Å². The van der Waals surface area contributed by atoms with E-state index in [1.807, 2.05) is 30.5 Å². The highest BCUT2D eigenvalue weighted by molar-refractivity contribution is 8.93. The van der Waals surface area contributed by atoms with E-state index in [0.717, 1.165) is 27.5 Å². The molecule has 23 heavy (non-hydrogen) atoms. The summed E-state index contributed by atoms with van der Waals surface area (Å²) < 4.78 is 15.7. The molecule has 1 aliphatic rings. The fourth-order valence-electron chi connectivity index (χ4n) is 3.08. The van der Waals surface area contributed by atoms with Gasteiger partial charge in [0, 0.05) is 29.0 Å². The van der Waals surface area contributed by atoms with E-state index in [-0.39, 0.29) is 28.8 Å². The number of halogens is 3. The number of nitrogens with one attached hydrogen (secondary N) is 1. The lowest BCUT2D eigenvalue weighted by molar-refractivity contribution is 0.586. The lowest BCUT2D eigenvalue weighted by Gasteiger charge is -2.18. The van der Waals surface area contributed by atoms with Crippen molar-refractivity contribution >= 4 is 28.6 Å². The Morgan fingerprint density at radius 3 is 2.74 bits per heavy atom. The number of hydrogen-bond acceptors (Lipinski definition) is 1. The van der Waals surface area contributed by atoms with Crippen molar-refractivity contribution in [2.75, 3.05) is 0 Å². The number of hydrogen-bond donors (Lipinski definition) is 1. The number of aromatic nitrogens is 1. The third-order valence-electron chi connectivity index (χ3n) is 4.09. The summed E-state index contributed by atoms with van der Waals surface area (Å²) in [6.07, 6.45) is 2.02. The first kappa shape index (κ1) is 16.2. The van der Waals surface area contributed by atoms with E-state index in [0.29, 0.717) is 6.54 Å². The largest absolute Gasteiger partial charge is 0.319 e. The van der Waals surface area contributed by atoms with Crippen LogP contribution in [0.2, 0.25) is 5.02 Å². The van der Waals surface area contributed by atoms with Crippen molar-refractivity contribution in [1.29, 1.82) is 0 Å². The van der Waals surface area contributed by atoms with E-state index in [1.165, 1.54) is 6.07 Å². The molecule has 1 unspecified atom stereocenters. The molecule has 0 spiro atoms. The summed E-state index contributed by atoms with van der Waals surface area (Å²) in [5.74, 6) is -0.225. The molecule has 0 fully saturated rings. The maximum atomic E-state index is 13.6. The fourth-order valence-corrected chi connectivity index (χ4v) is 3.32. The summed E-state index contributed by atoms with van der Waals surface area (Å²) >= 11 is 6.35. The topological polar surface area (TPSA) is 17.0 Å². The molecule has 1 aliphatic heterocycles. The monoisotopic (exact) mass is 392 g/mol. The van der Waals surface area contributed by atoms with E-state index in [9.17, 15) is 4.39 Å². The van der Waals surface area contributed by atoms with Gasteiger partial charge in [-0.25, -0.2) is 4.39 Å². The van der Waals surface area contributed by atoms with E-state index in [4.69, 9.17) is 11.6 Å². The molecule has 4 rings (SSSR count). The van der Waals surface area contributed by atoms with Crippen LogP contribution in [-0.4, -0.2) is 4.57 Å². The molecule has 0 saturated heterocycles. The lowest BCUT2D eigenvalue weighted by Crippen LogP contribution is -2.21. The van der Waals surface area contributed by atoms with Crippen LogP contribution < -0.4 is 5.32 Å². The maximum absolute atomic E-state index is 13.6. The average Bonchev–Trinajstić information content (AvgIpc) is 2.92. The van der Waals surface area contributed by atoms with Gasteiger partial charge in [0.1, 0.15) is 5.82 Å². The molecule has 2 aromatic carbocycles. The fraction of sp³-hybridized carbons (Fsp3) is 0.111. The van der Waals surface area contributed by atoms with Gasteiger partial charge in [-0.15, -0.1) is 17.0 Å². The maximum Gasteiger partial charge on any atom is 0.123 e. The summed E-state index contributed by atoms with van der Waals surface area (Å²) in [4.78, 5) is 0. The zero-order chi connectivity index (χ0) is 15.1. The Hall–Kier alpha value is -1.62. The van der Waals surface area contributed by atoms with Crippen LogP contribution in [0.3, 0.4) is 0 Å². The van der Waals surface area contributed by atoms with E-state index in [1.54, 1.807) is 12.1 Å². The normalized spacial score (nSPS) is 16.0. The van der Waals surface area contributed by atoms with Gasteiger partial charge in [-0.2, -0.15) is 0 Å². The predicted octanol–water partition coefficient (Wildman–Crippen LogP) is 5.04. The molecule has 0 amide bonds. The molecule has 0 radical (unpaired) electrons. The van der Waals surface area contributed by atoms with E-state index in [2.05, 4.69) is 22.0 Å². The predicted molar refractivity (Wildman–Crippen MR) is 96.2 cm³/mol. The average molecular weight is 394 g/mol. The van der Waals surface area contributed by atoms with Crippen molar-refractivity contribution in [1.82, 2.24) is 9.88 Å². The minimum absolute atomic E-state index is 0. The molecule has 118 valence electrons. The van der Waals surface area contributed by atoms with Crippen molar-refractivity contribution in [2.45, 2.75) is 12.6 Å². The molecule has 2 nitrogen and oxygen atoms in total. The van der Waals surface area contributed by atoms with Crippen LogP contribution in [0.15, 0.2) is 60.8 Å². The summed E-state index contributed by atoms with van der Waals surface area (Å²) in [5, 5.41) is 4.23. The zero-order valence-corrected chi connectivity index (χ0v) is 14.6. The van der Waals surface area contributed by atoms with Gasteiger partial charge in [0.05, 0.1) is 11.7 Å². The number of fused-ring (bicyclic) bond motifs is 3. The van der Waals surface area contributed by atoms with Gasteiger partial charge in [0.15, 0.2) is 0 Å². The Kier molecular flexibility index (Phi) is 4.57. The second-order valence-electron chi connectivity index (χ2n) is 5.41. The third kappa shape index (κ3) is 2.82. The Morgan fingerprint density at radius 1 is 1.09 bits per heavy atom. The zero-order valence-electron chi connectivity index (χ0n) is 12.2. The standard InChI is InChI=1S/C18H14ClFN2.BrH/c19-15-6-2-7-16-14(15)11-21-18(17-8-3-9-22(16)17)12-4-1-5-13(20)10-12;/h1-10,18,21H,11H2;1H. The Balaban J connectivity index is 0.00000156. The SMILES string of the molecule is Br.Fc1cccc(C2NCc3c(Cl)cccc3-n3cccc32)c1. The minimum atomic E-state index is -0.225. The van der Waals surface area contributed by atoms with Gasteiger partial charge in [-0.1, -0.05) is 29.8 Å². The minimum Gasteiger partial charge on any atom is -0.319 e. The Morgan fingerprint density at radius 2 is 1.91 bits per heavy atom. The first-order chi connectivity index (χ1) is 10.7. The van der Waals surface area contributed by atoms with Crippen molar-refractivity contribution in [2.24, 2.45) is 0 Å². The van der Waals surface area contributed by atoms with Gasteiger partial charge in [0.25, 0.3) is 0 Å². The van der Waals surface area contributed by atoms with Crippen molar-refractivity contribution in [3.8, 4) is 5.69 Å². The quantitative estimate of drug-likeness (QED) is 0.613. The Labute approximate surface area is 149 Å². The molecular formula is C18H15BrClFN2. The second kappa shape index (κ2) is 6.48. The van der Waals surface area contributed by atoms with Crippen LogP contribution in [-0.2, 0) is 6.54 Å². The second-order valence-corrected chi connectivity index (χ2v) is 5.82. The van der Waals surface area contributed by atoms with Crippen molar-refractivity contribution in [3.05, 3.63) is 88.5 Å². The molecule has 0 saturated carbocycles. The smallest absolute Gasteiger partial charge is 0.123 e. The summed E-state index contributed by atoms with van der Waals surface area (Å²) in [7, 11) is 0. The van der Waals surface area contributed by atoms with Gasteiger partial charge in [-0.3, -0.25) is 0 Å². The van der Waals surface area contributed by atoms with Gasteiger partial charge >= 0.3 is 0 Å². The van der Waals surface area contributed by atoms with Gasteiger partial charge < -0.3 is 9.88 Å². The number of nitrogens with zero attached hydrogens (tertiary/aromatic N) is 1. The molecule has 1 N–H and O–H groups in total. The third-order valence-corrected chi connectivity index (χ3v) is 4.45. The molecule has 1 aromatic heterocycles. The molecule has 3 aromatic rings. The molecule has 2 heterocycles. The van der Waals surface area contributed by atoms with Gasteiger partial charge in [0.2, 0.25) is 0 Å². The molecule has 5 heteroatoms. The van der Waals surface area contributed by atoms with Crippen LogP contribution in [0.1, 0.15) is 22.9 Å². The summed E-state index contributed by atoms with van der Waals surface area (Å²) in [5.41, 5.74) is 4.11. The Bertz CT molecular complexity index is 847. The van der Waals surface area contributed by atoms with Crippen molar-refractivity contribution < 1.29 is 4.39 Å². The first-order valence-electron chi connectivity index (χ1n) is 7.18. The van der Waals surface area contributed by atoms with E-state index < -0.39 is 0 Å². The van der Waals surface area contributed by atoms with Crippen LogP contribution in [0, 0.1) is 5.82 Å². The lowest BCUT2D eigenvalue weighted by atomic mass is 10.0. The highest BCUT2D eigenvalue weighted by Crippen LogP contribution is 2.33.